The van der Waals surface area contributed by atoms with Crippen LogP contribution in [0.1, 0.15) is 38.2 Å². The Labute approximate surface area is 135 Å². The Balaban J connectivity index is 2.13. The number of halogens is 2. The summed E-state index contributed by atoms with van der Waals surface area (Å²) in [6.07, 6.45) is 4.71. The minimum absolute atomic E-state index is 0.103. The summed E-state index contributed by atoms with van der Waals surface area (Å²) in [6, 6.07) is 5.57. The third-order valence-electron chi connectivity index (χ3n) is 2.84. The molecule has 5 heteroatoms. The van der Waals surface area contributed by atoms with Crippen molar-refractivity contribution in [2.24, 2.45) is 0 Å². The Bertz CT molecular complexity index is 426. The lowest BCUT2D eigenvalue weighted by Crippen LogP contribution is -2.26. The fourth-order valence-electron chi connectivity index (χ4n) is 1.72. The number of benzene rings is 1. The highest BCUT2D eigenvalue weighted by molar-refractivity contribution is 7.99. The Morgan fingerprint density at radius 2 is 2.00 bits per heavy atom. The molecule has 1 rings (SSSR count). The van der Waals surface area contributed by atoms with Gasteiger partial charge in [0.15, 0.2) is 0 Å². The summed E-state index contributed by atoms with van der Waals surface area (Å²) in [5, 5.41) is 4.06. The number of hydrogen-bond acceptors (Lipinski definition) is 2. The van der Waals surface area contributed by atoms with Crippen LogP contribution < -0.4 is 5.32 Å². The van der Waals surface area contributed by atoms with Gasteiger partial charge in [0.2, 0.25) is 5.91 Å². The van der Waals surface area contributed by atoms with E-state index in [1.54, 1.807) is 17.8 Å². The first kappa shape index (κ1) is 17.7. The lowest BCUT2D eigenvalue weighted by Gasteiger charge is -2.06. The molecule has 0 atom stereocenters. The minimum atomic E-state index is 0.103. The van der Waals surface area contributed by atoms with Gasteiger partial charge in [0.1, 0.15) is 0 Å². The van der Waals surface area contributed by atoms with Crippen LogP contribution >= 0.6 is 35.0 Å². The van der Waals surface area contributed by atoms with Crippen molar-refractivity contribution in [3.8, 4) is 0 Å². The number of nitrogens with one attached hydrogen (secondary N) is 1. The number of rotatable bonds is 9. The van der Waals surface area contributed by atoms with Crippen LogP contribution in [0.4, 0.5) is 0 Å². The molecule has 0 aliphatic rings. The third kappa shape index (κ3) is 7.41. The molecular formula is C15H21Cl2NOS. The van der Waals surface area contributed by atoms with E-state index in [1.165, 1.54) is 19.3 Å². The first-order valence-corrected chi connectivity index (χ1v) is 8.83. The standard InChI is InChI=1S/C15H21Cl2NOS/c1-2-3-4-5-8-18-15(19)11-20-10-12-6-7-13(16)14(17)9-12/h6-7,9H,2-5,8,10-11H2,1H3,(H,18,19). The van der Waals surface area contributed by atoms with Crippen LogP contribution in [0.25, 0.3) is 0 Å². The quantitative estimate of drug-likeness (QED) is 0.649. The predicted molar refractivity (Wildman–Crippen MR) is 89.8 cm³/mol. The van der Waals surface area contributed by atoms with E-state index in [0.29, 0.717) is 15.8 Å². The molecule has 2 nitrogen and oxygen atoms in total. The molecular weight excluding hydrogens is 313 g/mol. The molecule has 0 fully saturated rings. The zero-order chi connectivity index (χ0) is 14.8. The van der Waals surface area contributed by atoms with Gasteiger partial charge in [0, 0.05) is 12.3 Å². The first-order chi connectivity index (χ1) is 9.63. The van der Waals surface area contributed by atoms with Gasteiger partial charge < -0.3 is 5.32 Å². The van der Waals surface area contributed by atoms with E-state index in [0.717, 1.165) is 24.3 Å². The van der Waals surface area contributed by atoms with E-state index < -0.39 is 0 Å². The fourth-order valence-corrected chi connectivity index (χ4v) is 2.85. The molecule has 0 heterocycles. The molecule has 112 valence electrons. The maximum absolute atomic E-state index is 11.6. The summed E-state index contributed by atoms with van der Waals surface area (Å²) < 4.78 is 0. The van der Waals surface area contributed by atoms with Crippen molar-refractivity contribution in [3.05, 3.63) is 33.8 Å². The third-order valence-corrected chi connectivity index (χ3v) is 4.58. The lowest BCUT2D eigenvalue weighted by atomic mass is 10.2. The summed E-state index contributed by atoms with van der Waals surface area (Å²) >= 11 is 13.4. The number of thioether (sulfide) groups is 1. The average molecular weight is 334 g/mol. The number of carbonyl (C=O) groups excluding carboxylic acids is 1. The average Bonchev–Trinajstić information content (AvgIpc) is 2.42. The van der Waals surface area contributed by atoms with E-state index in [2.05, 4.69) is 12.2 Å². The number of amides is 1. The summed E-state index contributed by atoms with van der Waals surface area (Å²) in [4.78, 5) is 11.6. The van der Waals surface area contributed by atoms with Gasteiger partial charge in [-0.15, -0.1) is 11.8 Å². The summed E-state index contributed by atoms with van der Waals surface area (Å²) in [7, 11) is 0. The van der Waals surface area contributed by atoms with Crippen molar-refractivity contribution >= 4 is 40.9 Å². The van der Waals surface area contributed by atoms with Gasteiger partial charge in [0.25, 0.3) is 0 Å². The molecule has 0 saturated carbocycles. The van der Waals surface area contributed by atoms with Crippen LogP contribution in [0.5, 0.6) is 0 Å². The van der Waals surface area contributed by atoms with Gasteiger partial charge in [-0.05, 0) is 24.1 Å². The van der Waals surface area contributed by atoms with Crippen molar-refractivity contribution in [2.45, 2.75) is 38.4 Å². The van der Waals surface area contributed by atoms with Gasteiger partial charge in [-0.1, -0.05) is 55.5 Å². The Morgan fingerprint density at radius 3 is 2.70 bits per heavy atom. The van der Waals surface area contributed by atoms with Gasteiger partial charge in [-0.2, -0.15) is 0 Å². The van der Waals surface area contributed by atoms with Crippen LogP contribution in [0, 0.1) is 0 Å². The van der Waals surface area contributed by atoms with Crippen LogP contribution in [-0.4, -0.2) is 18.2 Å². The van der Waals surface area contributed by atoms with E-state index >= 15 is 0 Å². The van der Waals surface area contributed by atoms with Crippen molar-refractivity contribution in [1.29, 1.82) is 0 Å². The molecule has 0 bridgehead atoms. The highest BCUT2D eigenvalue weighted by Gasteiger charge is 2.03. The Hall–Kier alpha value is -0.380. The fraction of sp³-hybridized carbons (Fsp3) is 0.533. The topological polar surface area (TPSA) is 29.1 Å². The van der Waals surface area contributed by atoms with E-state index in [4.69, 9.17) is 23.2 Å². The predicted octanol–water partition coefficient (Wildman–Crippen LogP) is 4.92. The maximum Gasteiger partial charge on any atom is 0.230 e. The van der Waals surface area contributed by atoms with E-state index in [-0.39, 0.29) is 5.91 Å². The van der Waals surface area contributed by atoms with Crippen LogP contribution in [0.2, 0.25) is 10.0 Å². The zero-order valence-electron chi connectivity index (χ0n) is 11.8. The number of carbonyl (C=O) groups is 1. The van der Waals surface area contributed by atoms with Gasteiger partial charge in [-0.25, -0.2) is 0 Å². The summed E-state index contributed by atoms with van der Waals surface area (Å²) in [5.41, 5.74) is 1.08. The van der Waals surface area contributed by atoms with Gasteiger partial charge >= 0.3 is 0 Å². The second-order valence-electron chi connectivity index (χ2n) is 4.65. The van der Waals surface area contributed by atoms with Crippen molar-refractivity contribution in [2.75, 3.05) is 12.3 Å². The maximum atomic E-state index is 11.6. The van der Waals surface area contributed by atoms with E-state index in [1.807, 2.05) is 12.1 Å². The van der Waals surface area contributed by atoms with Crippen LogP contribution in [-0.2, 0) is 10.5 Å². The minimum Gasteiger partial charge on any atom is -0.355 e. The molecule has 0 saturated heterocycles. The van der Waals surface area contributed by atoms with Gasteiger partial charge in [-0.3, -0.25) is 4.79 Å². The Kier molecular flexibility index (Phi) is 9.16. The largest absolute Gasteiger partial charge is 0.355 e. The monoisotopic (exact) mass is 333 g/mol. The molecule has 1 N–H and O–H groups in total. The molecule has 0 aromatic heterocycles. The normalized spacial score (nSPS) is 10.6. The van der Waals surface area contributed by atoms with Crippen molar-refractivity contribution in [3.63, 3.8) is 0 Å². The molecule has 1 aromatic rings. The van der Waals surface area contributed by atoms with Crippen LogP contribution in [0.15, 0.2) is 18.2 Å². The molecule has 20 heavy (non-hydrogen) atoms. The zero-order valence-corrected chi connectivity index (χ0v) is 14.1. The lowest BCUT2D eigenvalue weighted by molar-refractivity contribution is -0.118. The number of unbranched alkanes of at least 4 members (excludes halogenated alkanes) is 3. The van der Waals surface area contributed by atoms with Crippen molar-refractivity contribution < 1.29 is 4.79 Å². The molecule has 1 amide bonds. The SMILES string of the molecule is CCCCCCNC(=O)CSCc1ccc(Cl)c(Cl)c1. The Morgan fingerprint density at radius 1 is 1.20 bits per heavy atom. The van der Waals surface area contributed by atoms with E-state index in [9.17, 15) is 4.79 Å². The summed E-state index contributed by atoms with van der Waals surface area (Å²) in [5.74, 6) is 1.35. The number of hydrogen-bond donors (Lipinski definition) is 1. The van der Waals surface area contributed by atoms with Gasteiger partial charge in [0.05, 0.1) is 15.8 Å². The summed E-state index contributed by atoms with van der Waals surface area (Å²) in [6.45, 7) is 2.96. The molecule has 0 unspecified atom stereocenters. The molecule has 0 aliphatic carbocycles. The smallest absolute Gasteiger partial charge is 0.230 e. The highest BCUT2D eigenvalue weighted by Crippen LogP contribution is 2.24. The van der Waals surface area contributed by atoms with Crippen LogP contribution in [0.3, 0.4) is 0 Å². The first-order valence-electron chi connectivity index (χ1n) is 6.92. The highest BCUT2D eigenvalue weighted by atomic mass is 35.5. The molecule has 0 radical (unpaired) electrons. The second-order valence-corrected chi connectivity index (χ2v) is 6.45. The molecule has 1 aromatic carbocycles. The van der Waals surface area contributed by atoms with Crippen molar-refractivity contribution in [1.82, 2.24) is 5.32 Å². The molecule has 0 aliphatic heterocycles. The molecule has 0 spiro atoms. The second kappa shape index (κ2) is 10.4.